The van der Waals surface area contributed by atoms with E-state index in [1.54, 1.807) is 12.4 Å². The summed E-state index contributed by atoms with van der Waals surface area (Å²) in [5.74, 6) is 0.662. The maximum Gasteiger partial charge on any atom is 0.209 e. The largest absolute Gasteiger partial charge is 0.367 e. The summed E-state index contributed by atoms with van der Waals surface area (Å²) in [6, 6.07) is 0. The van der Waals surface area contributed by atoms with Crippen LogP contribution in [0.25, 0.3) is 0 Å². The molecule has 1 atom stereocenters. The van der Waals surface area contributed by atoms with Crippen LogP contribution >= 0.6 is 0 Å². The quantitative estimate of drug-likeness (QED) is 0.890. The molecule has 0 radical (unpaired) electrons. The van der Waals surface area contributed by atoms with Gasteiger partial charge in [0.15, 0.2) is 5.82 Å². The summed E-state index contributed by atoms with van der Waals surface area (Å²) < 4.78 is 30.2. The Morgan fingerprint density at radius 3 is 2.58 bits per heavy atom. The van der Waals surface area contributed by atoms with E-state index in [1.165, 1.54) is 0 Å². The first-order valence-corrected chi connectivity index (χ1v) is 8.18. The predicted octanol–water partition coefficient (Wildman–Crippen LogP) is 0.941. The Labute approximate surface area is 113 Å². The summed E-state index contributed by atoms with van der Waals surface area (Å²) in [5.41, 5.74) is 0.315. The van der Waals surface area contributed by atoms with Gasteiger partial charge in [0.05, 0.1) is 6.26 Å². The Hall–Kier alpha value is -1.05. The average molecular weight is 285 g/mol. The Morgan fingerprint density at radius 1 is 1.37 bits per heavy atom. The van der Waals surface area contributed by atoms with Gasteiger partial charge < -0.3 is 4.74 Å². The van der Waals surface area contributed by atoms with E-state index in [4.69, 9.17) is 4.74 Å². The molecule has 2 heterocycles. The zero-order valence-electron chi connectivity index (χ0n) is 11.2. The first kappa shape index (κ1) is 14.4. The number of nitrogens with zero attached hydrogens (tertiary/aromatic N) is 2. The van der Waals surface area contributed by atoms with E-state index >= 15 is 0 Å². The Balaban J connectivity index is 2.05. The van der Waals surface area contributed by atoms with Crippen molar-refractivity contribution < 1.29 is 13.2 Å². The maximum absolute atomic E-state index is 11.0. The van der Waals surface area contributed by atoms with Gasteiger partial charge >= 0.3 is 0 Å². The lowest BCUT2D eigenvalue weighted by molar-refractivity contribution is -0.0760. The van der Waals surface area contributed by atoms with Gasteiger partial charge in [-0.3, -0.25) is 0 Å². The molecule has 0 aromatic carbocycles. The molecule has 0 saturated carbocycles. The number of aromatic nitrogens is 2. The van der Waals surface area contributed by atoms with Crippen molar-refractivity contribution in [2.75, 3.05) is 12.9 Å². The fourth-order valence-electron chi connectivity index (χ4n) is 2.04. The van der Waals surface area contributed by atoms with Gasteiger partial charge in [-0.2, -0.15) is 0 Å². The topological polar surface area (TPSA) is 81.2 Å². The SMILES string of the molecule is C[C@]1(c2ncc(CNS(C)(=O)=O)cn2)CCCCO1. The predicted molar refractivity (Wildman–Crippen MR) is 70.9 cm³/mol. The lowest BCUT2D eigenvalue weighted by Gasteiger charge is -2.32. The van der Waals surface area contributed by atoms with E-state index in [-0.39, 0.29) is 6.54 Å². The van der Waals surface area contributed by atoms with Crippen molar-refractivity contribution in [3.8, 4) is 0 Å². The molecule has 2 rings (SSSR count). The van der Waals surface area contributed by atoms with Gasteiger partial charge in [-0.05, 0) is 26.2 Å². The molecule has 0 amide bonds. The van der Waals surface area contributed by atoms with Crippen molar-refractivity contribution in [3.63, 3.8) is 0 Å². The molecular formula is C12H19N3O3S. The van der Waals surface area contributed by atoms with E-state index in [9.17, 15) is 8.42 Å². The summed E-state index contributed by atoms with van der Waals surface area (Å²) in [6.07, 6.45) is 7.50. The summed E-state index contributed by atoms with van der Waals surface area (Å²) in [5, 5.41) is 0. The zero-order chi connectivity index (χ0) is 13.9. The van der Waals surface area contributed by atoms with Crippen molar-refractivity contribution in [3.05, 3.63) is 23.8 Å². The standard InChI is InChI=1S/C12H19N3O3S/c1-12(5-3-4-6-18-12)11-13-7-10(8-14-11)9-15-19(2,16)17/h7-8,15H,3-6,9H2,1-2H3/t12-/m1/s1. The summed E-state index contributed by atoms with van der Waals surface area (Å²) >= 11 is 0. The Kier molecular flexibility index (Phi) is 4.17. The lowest BCUT2D eigenvalue weighted by atomic mass is 9.95. The van der Waals surface area contributed by atoms with Crippen LogP contribution in [0.5, 0.6) is 0 Å². The van der Waals surface area contributed by atoms with Crippen molar-refractivity contribution >= 4 is 10.0 Å². The summed E-state index contributed by atoms with van der Waals surface area (Å²) in [6.45, 7) is 2.93. The van der Waals surface area contributed by atoms with Gasteiger partial charge in [0.1, 0.15) is 5.60 Å². The zero-order valence-corrected chi connectivity index (χ0v) is 12.0. The second-order valence-electron chi connectivity index (χ2n) is 5.04. The molecule has 1 saturated heterocycles. The molecule has 0 bridgehead atoms. The normalized spacial score (nSPS) is 24.3. The molecular weight excluding hydrogens is 266 g/mol. The lowest BCUT2D eigenvalue weighted by Crippen LogP contribution is -2.32. The van der Waals surface area contributed by atoms with Crippen LogP contribution in [0, 0.1) is 0 Å². The van der Waals surface area contributed by atoms with E-state index in [0.29, 0.717) is 5.82 Å². The smallest absolute Gasteiger partial charge is 0.209 e. The first-order valence-electron chi connectivity index (χ1n) is 6.29. The Morgan fingerprint density at radius 2 is 2.05 bits per heavy atom. The highest BCUT2D eigenvalue weighted by Crippen LogP contribution is 2.32. The second-order valence-corrected chi connectivity index (χ2v) is 6.88. The van der Waals surface area contributed by atoms with Crippen molar-refractivity contribution in [1.29, 1.82) is 0 Å². The molecule has 1 aromatic rings. The highest BCUT2D eigenvalue weighted by Gasteiger charge is 2.32. The molecule has 1 aromatic heterocycles. The number of sulfonamides is 1. The minimum absolute atomic E-state index is 0.205. The third-order valence-electron chi connectivity index (χ3n) is 3.19. The molecule has 1 aliphatic rings. The number of rotatable bonds is 4. The van der Waals surface area contributed by atoms with Crippen molar-refractivity contribution in [1.82, 2.24) is 14.7 Å². The molecule has 1 aliphatic heterocycles. The Bertz CT molecular complexity index is 522. The summed E-state index contributed by atoms with van der Waals surface area (Å²) in [4.78, 5) is 8.61. The fourth-order valence-corrected chi connectivity index (χ4v) is 2.47. The molecule has 6 nitrogen and oxygen atoms in total. The van der Waals surface area contributed by atoms with Crippen LogP contribution in [0.1, 0.15) is 37.6 Å². The summed E-state index contributed by atoms with van der Waals surface area (Å²) in [7, 11) is -3.20. The van der Waals surface area contributed by atoms with Crippen molar-refractivity contribution in [2.45, 2.75) is 38.3 Å². The molecule has 0 aliphatic carbocycles. The van der Waals surface area contributed by atoms with Gasteiger partial charge in [-0.1, -0.05) is 0 Å². The fraction of sp³-hybridized carbons (Fsp3) is 0.667. The van der Waals surface area contributed by atoms with Crippen molar-refractivity contribution in [2.24, 2.45) is 0 Å². The number of ether oxygens (including phenoxy) is 1. The minimum atomic E-state index is -3.20. The molecule has 19 heavy (non-hydrogen) atoms. The van der Waals surface area contributed by atoms with Gasteiger partial charge in [-0.15, -0.1) is 0 Å². The minimum Gasteiger partial charge on any atom is -0.367 e. The van der Waals surface area contributed by atoms with Crippen LogP contribution < -0.4 is 4.72 Å². The van der Waals surface area contributed by atoms with E-state index < -0.39 is 15.6 Å². The molecule has 106 valence electrons. The molecule has 0 spiro atoms. The molecule has 1 fully saturated rings. The third kappa shape index (κ3) is 3.95. The van der Waals surface area contributed by atoms with E-state index in [0.717, 1.165) is 37.7 Å². The number of hydrogen-bond acceptors (Lipinski definition) is 5. The van der Waals surface area contributed by atoms with Gasteiger partial charge in [0.25, 0.3) is 0 Å². The van der Waals surface area contributed by atoms with Gasteiger partial charge in [0.2, 0.25) is 10.0 Å². The van der Waals surface area contributed by atoms with Crippen LogP contribution in [-0.4, -0.2) is 31.2 Å². The van der Waals surface area contributed by atoms with Gasteiger partial charge in [0, 0.05) is 31.1 Å². The van der Waals surface area contributed by atoms with E-state index in [2.05, 4.69) is 14.7 Å². The van der Waals surface area contributed by atoms with Crippen LogP contribution in [-0.2, 0) is 26.9 Å². The van der Waals surface area contributed by atoms with Crippen LogP contribution in [0.2, 0.25) is 0 Å². The molecule has 0 unspecified atom stereocenters. The van der Waals surface area contributed by atoms with E-state index in [1.807, 2.05) is 6.92 Å². The van der Waals surface area contributed by atoms with Gasteiger partial charge in [-0.25, -0.2) is 23.1 Å². The first-order chi connectivity index (χ1) is 8.89. The molecule has 7 heteroatoms. The monoisotopic (exact) mass is 285 g/mol. The van der Waals surface area contributed by atoms with Crippen LogP contribution in [0.4, 0.5) is 0 Å². The number of nitrogens with one attached hydrogen (secondary N) is 1. The molecule has 1 N–H and O–H groups in total. The third-order valence-corrected chi connectivity index (χ3v) is 3.85. The van der Waals surface area contributed by atoms with Crippen LogP contribution in [0.15, 0.2) is 12.4 Å². The second kappa shape index (κ2) is 5.52. The number of hydrogen-bond donors (Lipinski definition) is 1. The van der Waals surface area contributed by atoms with Crippen LogP contribution in [0.3, 0.4) is 0 Å². The highest BCUT2D eigenvalue weighted by atomic mass is 32.2. The average Bonchev–Trinajstić information content (AvgIpc) is 2.37. The maximum atomic E-state index is 11.0. The highest BCUT2D eigenvalue weighted by molar-refractivity contribution is 7.88.